The molecule has 2 aliphatic rings. The Bertz CT molecular complexity index is 783. The number of fused-ring (bicyclic) bond motifs is 1. The van der Waals surface area contributed by atoms with Crippen LogP contribution >= 0.6 is 11.6 Å². The molecule has 1 aliphatic carbocycles. The van der Waals surface area contributed by atoms with Crippen molar-refractivity contribution in [1.82, 2.24) is 19.5 Å². The maximum atomic E-state index is 12.0. The SMILES string of the molecule is COC(=O)C1(Nc2nc(Cl)nc3c2ncn3C2CCCCO2)CC1. The summed E-state index contributed by atoms with van der Waals surface area (Å²) in [6, 6.07) is 0. The fraction of sp³-hybridized carbons (Fsp3) is 0.600. The van der Waals surface area contributed by atoms with Crippen LogP contribution in [0.1, 0.15) is 38.3 Å². The molecule has 3 heterocycles. The first-order chi connectivity index (χ1) is 11.6. The second-order valence-electron chi connectivity index (χ2n) is 6.19. The molecule has 2 aromatic rings. The van der Waals surface area contributed by atoms with Crippen LogP contribution in [0.15, 0.2) is 6.33 Å². The predicted octanol–water partition coefficient (Wildman–Crippen LogP) is 2.30. The minimum Gasteiger partial charge on any atom is -0.467 e. The molecule has 9 heteroatoms. The number of ether oxygens (including phenoxy) is 2. The zero-order chi connectivity index (χ0) is 16.7. The third-order valence-corrected chi connectivity index (χ3v) is 4.71. The van der Waals surface area contributed by atoms with Crippen molar-refractivity contribution in [3.05, 3.63) is 11.6 Å². The molecular formula is C15H18ClN5O3. The second kappa shape index (κ2) is 5.86. The molecule has 1 N–H and O–H groups in total. The molecule has 4 rings (SSSR count). The van der Waals surface area contributed by atoms with Gasteiger partial charge in [0.2, 0.25) is 5.28 Å². The molecule has 1 saturated carbocycles. The average Bonchev–Trinajstić information content (AvgIpc) is 3.25. The van der Waals surface area contributed by atoms with Crippen molar-refractivity contribution in [2.24, 2.45) is 0 Å². The molecule has 0 amide bonds. The van der Waals surface area contributed by atoms with E-state index in [2.05, 4.69) is 20.3 Å². The summed E-state index contributed by atoms with van der Waals surface area (Å²) in [5.74, 6) is 0.142. The van der Waals surface area contributed by atoms with E-state index in [9.17, 15) is 4.79 Å². The summed E-state index contributed by atoms with van der Waals surface area (Å²) in [7, 11) is 1.38. The highest BCUT2D eigenvalue weighted by Gasteiger charge is 2.52. The Morgan fingerprint density at radius 1 is 1.46 bits per heavy atom. The first-order valence-electron chi connectivity index (χ1n) is 8.01. The zero-order valence-electron chi connectivity index (χ0n) is 13.3. The highest BCUT2D eigenvalue weighted by atomic mass is 35.5. The Hall–Kier alpha value is -1.93. The van der Waals surface area contributed by atoms with Crippen LogP contribution < -0.4 is 5.32 Å². The second-order valence-corrected chi connectivity index (χ2v) is 6.52. The van der Waals surface area contributed by atoms with Crippen molar-refractivity contribution in [3.8, 4) is 0 Å². The Balaban J connectivity index is 1.72. The molecule has 0 spiro atoms. The van der Waals surface area contributed by atoms with Crippen molar-refractivity contribution in [2.45, 2.75) is 43.9 Å². The molecular weight excluding hydrogens is 334 g/mol. The number of methoxy groups -OCH3 is 1. The highest BCUT2D eigenvalue weighted by molar-refractivity contribution is 6.28. The van der Waals surface area contributed by atoms with E-state index in [-0.39, 0.29) is 17.5 Å². The lowest BCUT2D eigenvalue weighted by atomic mass is 10.2. The molecule has 0 bridgehead atoms. The fourth-order valence-corrected chi connectivity index (χ4v) is 3.22. The Labute approximate surface area is 143 Å². The third-order valence-electron chi connectivity index (χ3n) is 4.54. The number of halogens is 1. The third kappa shape index (κ3) is 2.59. The van der Waals surface area contributed by atoms with Crippen LogP contribution in [0, 0.1) is 0 Å². The first-order valence-corrected chi connectivity index (χ1v) is 8.39. The normalized spacial score (nSPS) is 22.3. The van der Waals surface area contributed by atoms with Crippen LogP contribution in [0.3, 0.4) is 0 Å². The van der Waals surface area contributed by atoms with Crippen molar-refractivity contribution in [3.63, 3.8) is 0 Å². The standard InChI is InChI=1S/C15H18ClN5O3/c1-23-13(22)15(5-6-15)20-11-10-12(19-14(16)18-11)21(8-17-10)9-4-2-3-7-24-9/h8-9H,2-7H2,1H3,(H,18,19,20). The minimum absolute atomic E-state index is 0.0990. The van der Waals surface area contributed by atoms with Gasteiger partial charge in [-0.05, 0) is 43.7 Å². The van der Waals surface area contributed by atoms with Gasteiger partial charge >= 0.3 is 5.97 Å². The Morgan fingerprint density at radius 2 is 2.29 bits per heavy atom. The van der Waals surface area contributed by atoms with Gasteiger partial charge in [0.1, 0.15) is 11.8 Å². The van der Waals surface area contributed by atoms with Gasteiger partial charge in [-0.15, -0.1) is 0 Å². The van der Waals surface area contributed by atoms with Gasteiger partial charge in [0.05, 0.1) is 13.4 Å². The number of hydrogen-bond donors (Lipinski definition) is 1. The number of nitrogens with zero attached hydrogens (tertiary/aromatic N) is 4. The van der Waals surface area contributed by atoms with Gasteiger partial charge in [-0.1, -0.05) is 0 Å². The van der Waals surface area contributed by atoms with Crippen LogP contribution in [-0.2, 0) is 14.3 Å². The van der Waals surface area contributed by atoms with Crippen molar-refractivity contribution < 1.29 is 14.3 Å². The molecule has 128 valence electrons. The van der Waals surface area contributed by atoms with Gasteiger partial charge in [-0.2, -0.15) is 9.97 Å². The van der Waals surface area contributed by atoms with E-state index in [4.69, 9.17) is 21.1 Å². The van der Waals surface area contributed by atoms with Gasteiger partial charge in [0.25, 0.3) is 0 Å². The van der Waals surface area contributed by atoms with E-state index < -0.39 is 5.54 Å². The van der Waals surface area contributed by atoms with E-state index in [0.29, 0.717) is 29.8 Å². The number of rotatable bonds is 4. The number of nitrogens with one attached hydrogen (secondary N) is 1. The number of carbonyl (C=O) groups is 1. The van der Waals surface area contributed by atoms with E-state index in [1.165, 1.54) is 7.11 Å². The van der Waals surface area contributed by atoms with Gasteiger partial charge < -0.3 is 14.8 Å². The van der Waals surface area contributed by atoms with Gasteiger partial charge in [-0.3, -0.25) is 4.57 Å². The molecule has 24 heavy (non-hydrogen) atoms. The molecule has 2 aromatic heterocycles. The van der Waals surface area contributed by atoms with Gasteiger partial charge in [0, 0.05) is 6.61 Å². The quantitative estimate of drug-likeness (QED) is 0.667. The lowest BCUT2D eigenvalue weighted by Gasteiger charge is -2.23. The van der Waals surface area contributed by atoms with Crippen LogP contribution in [0.5, 0.6) is 0 Å². The van der Waals surface area contributed by atoms with Crippen LogP contribution in [0.2, 0.25) is 5.28 Å². The predicted molar refractivity (Wildman–Crippen MR) is 86.8 cm³/mol. The summed E-state index contributed by atoms with van der Waals surface area (Å²) in [6.45, 7) is 0.722. The van der Waals surface area contributed by atoms with Crippen LogP contribution in [0.4, 0.5) is 5.82 Å². The van der Waals surface area contributed by atoms with Crippen LogP contribution in [-0.4, -0.2) is 44.7 Å². The van der Waals surface area contributed by atoms with Crippen molar-refractivity contribution in [2.75, 3.05) is 19.0 Å². The molecule has 1 atom stereocenters. The number of carbonyl (C=O) groups excluding carboxylic acids is 1. The molecule has 1 aliphatic heterocycles. The minimum atomic E-state index is -0.732. The summed E-state index contributed by atoms with van der Waals surface area (Å²) < 4.78 is 12.6. The van der Waals surface area contributed by atoms with E-state index in [0.717, 1.165) is 25.9 Å². The lowest BCUT2D eigenvalue weighted by molar-refractivity contribution is -0.142. The highest BCUT2D eigenvalue weighted by Crippen LogP contribution is 2.41. The fourth-order valence-electron chi connectivity index (χ4n) is 3.06. The Morgan fingerprint density at radius 3 is 2.96 bits per heavy atom. The average molecular weight is 352 g/mol. The molecule has 8 nitrogen and oxygen atoms in total. The molecule has 1 saturated heterocycles. The summed E-state index contributed by atoms with van der Waals surface area (Å²) in [4.78, 5) is 24.9. The topological polar surface area (TPSA) is 91.2 Å². The number of esters is 1. The molecule has 2 fully saturated rings. The number of aromatic nitrogens is 4. The number of anilines is 1. The van der Waals surface area contributed by atoms with Gasteiger partial charge in [0.15, 0.2) is 17.0 Å². The maximum absolute atomic E-state index is 12.0. The monoisotopic (exact) mass is 351 g/mol. The number of hydrogen-bond acceptors (Lipinski definition) is 7. The van der Waals surface area contributed by atoms with E-state index in [1.807, 2.05) is 4.57 Å². The summed E-state index contributed by atoms with van der Waals surface area (Å²) >= 11 is 6.09. The maximum Gasteiger partial charge on any atom is 0.331 e. The number of imidazole rings is 1. The molecule has 1 unspecified atom stereocenters. The zero-order valence-corrected chi connectivity index (χ0v) is 14.0. The largest absolute Gasteiger partial charge is 0.467 e. The van der Waals surface area contributed by atoms with Crippen LogP contribution in [0.25, 0.3) is 11.2 Å². The van der Waals surface area contributed by atoms with E-state index >= 15 is 0 Å². The summed E-state index contributed by atoms with van der Waals surface area (Å²) in [5.41, 5.74) is 0.443. The molecule has 0 aromatic carbocycles. The van der Waals surface area contributed by atoms with Gasteiger partial charge in [-0.25, -0.2) is 9.78 Å². The summed E-state index contributed by atoms with van der Waals surface area (Å²) in [5, 5.41) is 3.25. The first kappa shape index (κ1) is 15.6. The smallest absolute Gasteiger partial charge is 0.331 e. The van der Waals surface area contributed by atoms with Crippen molar-refractivity contribution >= 4 is 34.6 Å². The Kier molecular flexibility index (Phi) is 3.80. The lowest BCUT2D eigenvalue weighted by Crippen LogP contribution is -2.33. The summed E-state index contributed by atoms with van der Waals surface area (Å²) in [6.07, 6.45) is 6.03. The molecule has 0 radical (unpaired) electrons. The van der Waals surface area contributed by atoms with E-state index in [1.54, 1.807) is 6.33 Å². The van der Waals surface area contributed by atoms with Crippen molar-refractivity contribution in [1.29, 1.82) is 0 Å².